The smallest absolute Gasteiger partial charge is 0.334 e. The van der Waals surface area contributed by atoms with Gasteiger partial charge in [-0.25, -0.2) is 9.59 Å². The molecule has 0 aromatic rings. The number of nitrogens with one attached hydrogen (secondary N) is 2. The number of rotatable bonds is 4. The maximum Gasteiger partial charge on any atom is 0.334 e. The summed E-state index contributed by atoms with van der Waals surface area (Å²) in [5.74, 6) is -1.33. The maximum absolute atomic E-state index is 11.4. The molecule has 17 heavy (non-hydrogen) atoms. The molecular weight excluding hydrogens is 224 g/mol. The van der Waals surface area contributed by atoms with Crippen LogP contribution in [0.4, 0.5) is 4.79 Å². The lowest BCUT2D eigenvalue weighted by Crippen LogP contribution is -2.45. The molecule has 6 nitrogen and oxygen atoms in total. The number of hydrogen-bond donors (Lipinski definition) is 4. The molecule has 0 unspecified atom stereocenters. The highest BCUT2D eigenvalue weighted by Crippen LogP contribution is 2.16. The van der Waals surface area contributed by atoms with E-state index in [1.165, 1.54) is 12.8 Å². The molecule has 2 amide bonds. The Morgan fingerprint density at radius 3 is 2.29 bits per heavy atom. The molecule has 0 bridgehead atoms. The molecule has 0 aromatic carbocycles. The number of carboxylic acids is 1. The number of urea groups is 1. The fourth-order valence-corrected chi connectivity index (χ4v) is 1.94. The first-order valence-corrected chi connectivity index (χ1v) is 6.05. The summed E-state index contributed by atoms with van der Waals surface area (Å²) in [5, 5.41) is 22.6. The molecule has 0 aliphatic heterocycles. The fraction of sp³-hybridized carbons (Fsp3) is 0.818. The van der Waals surface area contributed by atoms with E-state index in [4.69, 9.17) is 10.2 Å². The van der Waals surface area contributed by atoms with Gasteiger partial charge in [0.1, 0.15) is 0 Å². The zero-order chi connectivity index (χ0) is 12.7. The first kappa shape index (κ1) is 13.8. The number of amides is 2. The molecule has 0 radical (unpaired) electrons. The summed E-state index contributed by atoms with van der Waals surface area (Å²) in [6.45, 7) is -0.270. The lowest BCUT2D eigenvalue weighted by Gasteiger charge is -2.17. The van der Waals surface area contributed by atoms with Crippen molar-refractivity contribution >= 4 is 12.0 Å². The third-order valence-corrected chi connectivity index (χ3v) is 2.93. The van der Waals surface area contributed by atoms with Crippen molar-refractivity contribution in [3.63, 3.8) is 0 Å². The van der Waals surface area contributed by atoms with Crippen molar-refractivity contribution in [2.45, 2.75) is 50.7 Å². The lowest BCUT2D eigenvalue weighted by atomic mass is 10.1. The van der Waals surface area contributed by atoms with E-state index in [1.807, 2.05) is 0 Å². The molecule has 1 aliphatic rings. The van der Waals surface area contributed by atoms with Gasteiger partial charge in [0.25, 0.3) is 0 Å². The quantitative estimate of drug-likeness (QED) is 0.540. The van der Waals surface area contributed by atoms with Crippen LogP contribution in [0.5, 0.6) is 0 Å². The summed E-state index contributed by atoms with van der Waals surface area (Å²) < 4.78 is 0. The van der Waals surface area contributed by atoms with Crippen molar-refractivity contribution in [3.8, 4) is 0 Å². The van der Waals surface area contributed by atoms with E-state index in [0.717, 1.165) is 25.7 Å². The second-order valence-electron chi connectivity index (χ2n) is 4.40. The van der Waals surface area contributed by atoms with Gasteiger partial charge in [0.05, 0.1) is 6.54 Å². The Balaban J connectivity index is 2.21. The van der Waals surface area contributed by atoms with Gasteiger partial charge in [-0.2, -0.15) is 0 Å². The number of carbonyl (C=O) groups is 2. The number of hydrogen-bond acceptors (Lipinski definition) is 3. The van der Waals surface area contributed by atoms with Crippen LogP contribution in [0, 0.1) is 0 Å². The summed E-state index contributed by atoms with van der Waals surface area (Å²) in [6.07, 6.45) is 5.03. The van der Waals surface area contributed by atoms with Crippen LogP contribution < -0.4 is 10.6 Å². The van der Waals surface area contributed by atoms with Crippen molar-refractivity contribution in [1.29, 1.82) is 0 Å². The minimum Gasteiger partial charge on any atom is -0.479 e. The van der Waals surface area contributed by atoms with Crippen molar-refractivity contribution in [2.24, 2.45) is 0 Å². The predicted octanol–water partition coefficient (Wildman–Crippen LogP) is 0.454. The summed E-state index contributed by atoms with van der Waals surface area (Å²) in [4.78, 5) is 21.7. The highest BCUT2D eigenvalue weighted by Gasteiger charge is 2.17. The van der Waals surface area contributed by atoms with Gasteiger partial charge in [-0.1, -0.05) is 25.7 Å². The predicted molar refractivity (Wildman–Crippen MR) is 61.7 cm³/mol. The van der Waals surface area contributed by atoms with Gasteiger partial charge in [0.2, 0.25) is 0 Å². The van der Waals surface area contributed by atoms with Crippen molar-refractivity contribution in [3.05, 3.63) is 0 Å². The molecular formula is C11H20N2O4. The standard InChI is InChI=1S/C11H20N2O4/c14-9(10(15)16)7-12-11(17)13-8-5-3-1-2-4-6-8/h8-9,14H,1-7H2,(H,15,16)(H2,12,13,17)/t9-/m0/s1. The molecule has 1 saturated carbocycles. The molecule has 4 N–H and O–H groups in total. The Labute approximate surface area is 100 Å². The second-order valence-corrected chi connectivity index (χ2v) is 4.40. The van der Waals surface area contributed by atoms with Gasteiger partial charge >= 0.3 is 12.0 Å². The van der Waals surface area contributed by atoms with Crippen molar-refractivity contribution in [2.75, 3.05) is 6.54 Å². The van der Waals surface area contributed by atoms with Crippen LogP contribution in [0.3, 0.4) is 0 Å². The Hall–Kier alpha value is -1.30. The molecule has 1 aliphatic carbocycles. The van der Waals surface area contributed by atoms with Crippen LogP contribution >= 0.6 is 0 Å². The van der Waals surface area contributed by atoms with Crippen LogP contribution in [0.15, 0.2) is 0 Å². The second kappa shape index (κ2) is 7.11. The van der Waals surface area contributed by atoms with Crippen LogP contribution in [0.2, 0.25) is 0 Å². The summed E-state index contributed by atoms with van der Waals surface area (Å²) in [6, 6.07) is -0.239. The van der Waals surface area contributed by atoms with Crippen LogP contribution in [-0.2, 0) is 4.79 Å². The lowest BCUT2D eigenvalue weighted by molar-refractivity contribution is -0.146. The minimum absolute atomic E-state index is 0.166. The van der Waals surface area contributed by atoms with E-state index < -0.39 is 18.1 Å². The third kappa shape index (κ3) is 5.53. The van der Waals surface area contributed by atoms with Gasteiger partial charge in [-0.05, 0) is 12.8 Å². The van der Waals surface area contributed by atoms with Crippen LogP contribution in [0.1, 0.15) is 38.5 Å². The summed E-state index contributed by atoms with van der Waals surface area (Å²) in [7, 11) is 0. The molecule has 6 heteroatoms. The number of aliphatic hydroxyl groups is 1. The van der Waals surface area contributed by atoms with Crippen LogP contribution in [-0.4, -0.2) is 40.9 Å². The molecule has 1 fully saturated rings. The van der Waals surface area contributed by atoms with E-state index in [9.17, 15) is 9.59 Å². The number of carbonyl (C=O) groups excluding carboxylic acids is 1. The zero-order valence-electron chi connectivity index (χ0n) is 9.82. The van der Waals surface area contributed by atoms with Gasteiger partial charge in [-0.3, -0.25) is 0 Å². The molecule has 0 aromatic heterocycles. The monoisotopic (exact) mass is 244 g/mol. The Kier molecular flexibility index (Phi) is 5.76. The fourth-order valence-electron chi connectivity index (χ4n) is 1.94. The highest BCUT2D eigenvalue weighted by molar-refractivity contribution is 5.76. The van der Waals surface area contributed by atoms with E-state index in [1.54, 1.807) is 0 Å². The summed E-state index contributed by atoms with van der Waals surface area (Å²) in [5.41, 5.74) is 0. The molecule has 1 rings (SSSR count). The number of aliphatic hydroxyl groups excluding tert-OH is 1. The van der Waals surface area contributed by atoms with Crippen molar-refractivity contribution < 1.29 is 19.8 Å². The molecule has 0 spiro atoms. The Bertz CT molecular complexity index is 262. The largest absolute Gasteiger partial charge is 0.479 e. The van der Waals surface area contributed by atoms with E-state index in [-0.39, 0.29) is 12.6 Å². The average molecular weight is 244 g/mol. The first-order chi connectivity index (χ1) is 8.09. The van der Waals surface area contributed by atoms with Crippen molar-refractivity contribution in [1.82, 2.24) is 10.6 Å². The van der Waals surface area contributed by atoms with Gasteiger partial charge in [0.15, 0.2) is 6.10 Å². The van der Waals surface area contributed by atoms with Gasteiger partial charge < -0.3 is 20.8 Å². The Morgan fingerprint density at radius 2 is 1.76 bits per heavy atom. The summed E-state index contributed by atoms with van der Waals surface area (Å²) >= 11 is 0. The molecule has 1 atom stereocenters. The van der Waals surface area contributed by atoms with E-state index >= 15 is 0 Å². The first-order valence-electron chi connectivity index (χ1n) is 6.05. The number of aliphatic carboxylic acids is 1. The van der Waals surface area contributed by atoms with Gasteiger partial charge in [0, 0.05) is 6.04 Å². The maximum atomic E-state index is 11.4. The van der Waals surface area contributed by atoms with Gasteiger partial charge in [-0.15, -0.1) is 0 Å². The molecule has 98 valence electrons. The average Bonchev–Trinajstić information content (AvgIpc) is 2.54. The van der Waals surface area contributed by atoms with Crippen LogP contribution in [0.25, 0.3) is 0 Å². The van der Waals surface area contributed by atoms with E-state index in [2.05, 4.69) is 10.6 Å². The SMILES string of the molecule is O=C(NC[C@H](O)C(=O)O)NC1CCCCCC1. The third-order valence-electron chi connectivity index (χ3n) is 2.93. The minimum atomic E-state index is -1.55. The van der Waals surface area contributed by atoms with E-state index in [0.29, 0.717) is 0 Å². The molecule has 0 heterocycles. The topological polar surface area (TPSA) is 98.7 Å². The highest BCUT2D eigenvalue weighted by atomic mass is 16.4. The Morgan fingerprint density at radius 1 is 1.18 bits per heavy atom. The molecule has 0 saturated heterocycles. The number of carboxylic acid groups (broad SMARTS) is 1. The zero-order valence-corrected chi connectivity index (χ0v) is 9.82. The normalized spacial score (nSPS) is 19.1.